The Morgan fingerprint density at radius 1 is 1.10 bits per heavy atom. The molecule has 0 aliphatic carbocycles. The first-order valence-corrected chi connectivity index (χ1v) is 8.91. The van der Waals surface area contributed by atoms with E-state index >= 15 is 0 Å². The summed E-state index contributed by atoms with van der Waals surface area (Å²) < 4.78 is 21.4. The summed E-state index contributed by atoms with van der Waals surface area (Å²) >= 11 is 0. The minimum absolute atomic E-state index is 0.00743. The lowest BCUT2D eigenvalue weighted by atomic mass is 10.2. The summed E-state index contributed by atoms with van der Waals surface area (Å²) in [5.74, 6) is -2.09. The first-order valence-electron chi connectivity index (χ1n) is 8.91. The molecule has 1 N–H and O–H groups in total. The van der Waals surface area contributed by atoms with Crippen LogP contribution in [0.4, 0.5) is 10.1 Å². The average molecular weight is 397 g/mol. The van der Waals surface area contributed by atoms with Gasteiger partial charge in [0.2, 0.25) is 0 Å². The van der Waals surface area contributed by atoms with E-state index in [9.17, 15) is 18.8 Å². The fourth-order valence-electron chi connectivity index (χ4n) is 2.83. The molecule has 1 aromatic heterocycles. The molecular weight excluding hydrogens is 377 g/mol. The number of para-hydroxylation sites is 1. The van der Waals surface area contributed by atoms with Crippen molar-refractivity contribution in [2.45, 2.75) is 20.0 Å². The van der Waals surface area contributed by atoms with Crippen LogP contribution in [0.5, 0.6) is 0 Å². The summed E-state index contributed by atoms with van der Waals surface area (Å²) in [4.78, 5) is 37.4. The topological polar surface area (TPSA) is 82.3 Å². The Kier molecular flexibility index (Phi) is 5.63. The zero-order chi connectivity index (χ0) is 21.1. The van der Waals surface area contributed by atoms with Gasteiger partial charge in [0.15, 0.2) is 6.10 Å². The molecule has 1 amide bonds. The molecule has 0 aliphatic rings. The number of amides is 1. The number of ether oxygens (including phenoxy) is 1. The van der Waals surface area contributed by atoms with Gasteiger partial charge in [-0.2, -0.15) is 0 Å². The zero-order valence-corrected chi connectivity index (χ0v) is 16.2. The second-order valence-electron chi connectivity index (χ2n) is 6.48. The molecule has 29 heavy (non-hydrogen) atoms. The van der Waals surface area contributed by atoms with E-state index < -0.39 is 29.4 Å². The van der Waals surface area contributed by atoms with Gasteiger partial charge in [0, 0.05) is 7.05 Å². The van der Waals surface area contributed by atoms with Crippen LogP contribution in [0.1, 0.15) is 23.0 Å². The standard InChI is InChI=1S/C21H20FN3O4/c1-13-18(20(27)25(24(13)3)17-10-5-4-6-11-17)23-19(26)14(2)29-21(28)15-8-7-9-16(22)12-15/h4-12,14H,1-3H3,(H,23,26)/t14-/m0/s1. The van der Waals surface area contributed by atoms with Gasteiger partial charge < -0.3 is 10.1 Å². The van der Waals surface area contributed by atoms with E-state index in [0.29, 0.717) is 11.4 Å². The number of nitrogens with one attached hydrogen (secondary N) is 1. The lowest BCUT2D eigenvalue weighted by Gasteiger charge is -2.13. The SMILES string of the molecule is Cc1c(NC(=O)[C@H](C)OC(=O)c2cccc(F)c2)c(=O)n(-c2ccccc2)n1C. The van der Waals surface area contributed by atoms with Crippen molar-refractivity contribution in [3.63, 3.8) is 0 Å². The molecular formula is C21H20FN3O4. The maximum Gasteiger partial charge on any atom is 0.339 e. The van der Waals surface area contributed by atoms with Crippen LogP contribution < -0.4 is 10.9 Å². The molecule has 0 spiro atoms. The molecule has 3 aromatic rings. The second-order valence-corrected chi connectivity index (χ2v) is 6.48. The molecule has 0 saturated carbocycles. The fourth-order valence-corrected chi connectivity index (χ4v) is 2.83. The van der Waals surface area contributed by atoms with Crippen LogP contribution >= 0.6 is 0 Å². The van der Waals surface area contributed by atoms with E-state index in [-0.39, 0.29) is 11.3 Å². The molecule has 0 saturated heterocycles. The predicted octanol–water partition coefficient (Wildman–Crippen LogP) is 2.81. The van der Waals surface area contributed by atoms with Crippen molar-refractivity contribution < 1.29 is 18.7 Å². The molecule has 2 aromatic carbocycles. The molecule has 150 valence electrons. The number of aromatic nitrogens is 2. The number of hydrogen-bond acceptors (Lipinski definition) is 4. The Hall–Kier alpha value is -3.68. The lowest BCUT2D eigenvalue weighted by molar-refractivity contribution is -0.123. The van der Waals surface area contributed by atoms with Crippen molar-refractivity contribution in [1.29, 1.82) is 0 Å². The number of esters is 1. The smallest absolute Gasteiger partial charge is 0.339 e. The highest BCUT2D eigenvalue weighted by atomic mass is 19.1. The molecule has 0 bridgehead atoms. The Morgan fingerprint density at radius 2 is 1.79 bits per heavy atom. The predicted molar refractivity (Wildman–Crippen MR) is 106 cm³/mol. The van der Waals surface area contributed by atoms with Crippen LogP contribution in [0.25, 0.3) is 5.69 Å². The Labute approximate surface area is 166 Å². The highest BCUT2D eigenvalue weighted by Crippen LogP contribution is 2.15. The summed E-state index contributed by atoms with van der Waals surface area (Å²) in [6.45, 7) is 3.07. The van der Waals surface area contributed by atoms with Crippen LogP contribution in [0, 0.1) is 12.7 Å². The maximum atomic E-state index is 13.3. The number of nitrogens with zero attached hydrogens (tertiary/aromatic N) is 2. The molecule has 1 atom stereocenters. The van der Waals surface area contributed by atoms with Crippen LogP contribution in [0.2, 0.25) is 0 Å². The third-order valence-corrected chi connectivity index (χ3v) is 4.52. The molecule has 0 aliphatic heterocycles. The van der Waals surface area contributed by atoms with Gasteiger partial charge in [-0.25, -0.2) is 13.9 Å². The van der Waals surface area contributed by atoms with E-state index in [0.717, 1.165) is 6.07 Å². The van der Waals surface area contributed by atoms with Crippen molar-refractivity contribution >= 4 is 17.6 Å². The van der Waals surface area contributed by atoms with Gasteiger partial charge in [-0.05, 0) is 44.2 Å². The number of carbonyl (C=O) groups excluding carboxylic acids is 2. The largest absolute Gasteiger partial charge is 0.449 e. The number of halogens is 1. The molecule has 3 rings (SSSR count). The first kappa shape index (κ1) is 20.1. The number of carbonyl (C=O) groups is 2. The number of benzene rings is 2. The van der Waals surface area contributed by atoms with Gasteiger partial charge >= 0.3 is 5.97 Å². The highest BCUT2D eigenvalue weighted by molar-refractivity contribution is 5.97. The molecule has 0 radical (unpaired) electrons. The van der Waals surface area contributed by atoms with E-state index in [1.165, 1.54) is 29.8 Å². The average Bonchev–Trinajstić information content (AvgIpc) is 2.91. The second kappa shape index (κ2) is 8.14. The minimum Gasteiger partial charge on any atom is -0.449 e. The molecule has 0 unspecified atom stereocenters. The highest BCUT2D eigenvalue weighted by Gasteiger charge is 2.23. The van der Waals surface area contributed by atoms with Gasteiger partial charge in [-0.3, -0.25) is 14.3 Å². The Balaban J connectivity index is 1.79. The first-order chi connectivity index (χ1) is 13.8. The third kappa shape index (κ3) is 4.11. The van der Waals surface area contributed by atoms with E-state index in [4.69, 9.17) is 4.74 Å². The fraction of sp³-hybridized carbons (Fsp3) is 0.190. The van der Waals surface area contributed by atoms with E-state index in [1.807, 2.05) is 6.07 Å². The summed E-state index contributed by atoms with van der Waals surface area (Å²) in [6, 6.07) is 14.0. The number of hydrogen-bond donors (Lipinski definition) is 1. The van der Waals surface area contributed by atoms with Gasteiger partial charge in [0.05, 0.1) is 16.9 Å². The Morgan fingerprint density at radius 3 is 2.45 bits per heavy atom. The molecule has 0 fully saturated rings. The summed E-state index contributed by atoms with van der Waals surface area (Å²) in [5.41, 5.74) is 0.861. The molecule has 1 heterocycles. The summed E-state index contributed by atoms with van der Waals surface area (Å²) in [7, 11) is 1.70. The Bertz CT molecular complexity index is 1120. The normalized spacial score (nSPS) is 11.7. The minimum atomic E-state index is -1.19. The quantitative estimate of drug-likeness (QED) is 0.671. The number of rotatable bonds is 5. The van der Waals surface area contributed by atoms with Crippen molar-refractivity contribution in [2.75, 3.05) is 5.32 Å². The van der Waals surface area contributed by atoms with Gasteiger partial charge in [-0.1, -0.05) is 24.3 Å². The third-order valence-electron chi connectivity index (χ3n) is 4.52. The number of anilines is 1. The van der Waals surface area contributed by atoms with Crippen molar-refractivity contribution in [1.82, 2.24) is 9.36 Å². The molecule has 8 heteroatoms. The zero-order valence-electron chi connectivity index (χ0n) is 16.2. The van der Waals surface area contributed by atoms with Gasteiger partial charge in [0.1, 0.15) is 11.5 Å². The van der Waals surface area contributed by atoms with Crippen LogP contribution in [0.15, 0.2) is 59.4 Å². The summed E-state index contributed by atoms with van der Waals surface area (Å²) in [6.07, 6.45) is -1.19. The van der Waals surface area contributed by atoms with Crippen molar-refractivity contribution in [3.05, 3.63) is 82.0 Å². The van der Waals surface area contributed by atoms with Crippen molar-refractivity contribution in [3.8, 4) is 5.69 Å². The van der Waals surface area contributed by atoms with E-state index in [2.05, 4.69) is 5.32 Å². The molecule has 7 nitrogen and oxygen atoms in total. The van der Waals surface area contributed by atoms with Crippen LogP contribution in [0.3, 0.4) is 0 Å². The van der Waals surface area contributed by atoms with Crippen LogP contribution in [-0.2, 0) is 16.6 Å². The maximum absolute atomic E-state index is 13.3. The van der Waals surface area contributed by atoms with Crippen molar-refractivity contribution in [2.24, 2.45) is 7.05 Å². The monoisotopic (exact) mass is 397 g/mol. The van der Waals surface area contributed by atoms with Crippen LogP contribution in [-0.4, -0.2) is 27.3 Å². The van der Waals surface area contributed by atoms with Gasteiger partial charge in [-0.15, -0.1) is 0 Å². The van der Waals surface area contributed by atoms with Gasteiger partial charge in [0.25, 0.3) is 11.5 Å². The van der Waals surface area contributed by atoms with E-state index in [1.54, 1.807) is 42.9 Å². The summed E-state index contributed by atoms with van der Waals surface area (Å²) in [5, 5.41) is 2.53. The lowest BCUT2D eigenvalue weighted by Crippen LogP contribution is -2.32.